The van der Waals surface area contributed by atoms with Gasteiger partial charge in [-0.2, -0.15) is 0 Å². The molecule has 0 aliphatic carbocycles. The van der Waals surface area contributed by atoms with Crippen LogP contribution < -0.4 is 0 Å². The van der Waals surface area contributed by atoms with Crippen molar-refractivity contribution in [1.29, 1.82) is 0 Å². The maximum Gasteiger partial charge on any atom is 0.356 e. The molecule has 0 N–H and O–H groups in total. The highest BCUT2D eigenvalue weighted by molar-refractivity contribution is 6.30. The zero-order chi connectivity index (χ0) is 10.6. The lowest BCUT2D eigenvalue weighted by atomic mass is 10.2. The molecular weight excluding hydrogens is 202 g/mol. The summed E-state index contributed by atoms with van der Waals surface area (Å²) in [5.74, 6) is -0.0818. The van der Waals surface area contributed by atoms with E-state index in [2.05, 4.69) is 4.98 Å². The molecule has 0 atom stereocenters. The normalized spacial score (nSPS) is 10.3. The van der Waals surface area contributed by atoms with Crippen molar-refractivity contribution in [2.75, 3.05) is 6.61 Å². The molecule has 4 heteroatoms. The van der Waals surface area contributed by atoms with Gasteiger partial charge in [-0.3, -0.25) is 0 Å². The average molecular weight is 214 g/mol. The Bertz CT molecular complexity index is 308. The molecule has 14 heavy (non-hydrogen) atoms. The second-order valence-corrected chi connectivity index (χ2v) is 3.79. The van der Waals surface area contributed by atoms with Crippen molar-refractivity contribution in [3.05, 3.63) is 29.0 Å². The molecule has 76 valence electrons. The number of pyridine rings is 1. The van der Waals surface area contributed by atoms with Crippen LogP contribution in [0.4, 0.5) is 0 Å². The first-order chi connectivity index (χ1) is 6.59. The number of rotatable bonds is 3. The van der Waals surface area contributed by atoms with E-state index in [1.54, 1.807) is 12.1 Å². The van der Waals surface area contributed by atoms with E-state index in [0.717, 1.165) is 0 Å². The number of hydrogen-bond donors (Lipinski definition) is 0. The van der Waals surface area contributed by atoms with E-state index in [9.17, 15) is 4.79 Å². The third-order valence-corrected chi connectivity index (χ3v) is 1.71. The lowest BCUT2D eigenvalue weighted by Gasteiger charge is -2.05. The van der Waals surface area contributed by atoms with Crippen LogP contribution in [0, 0.1) is 5.92 Å². The molecule has 1 aromatic rings. The largest absolute Gasteiger partial charge is 0.461 e. The molecule has 0 aliphatic rings. The first kappa shape index (κ1) is 11.0. The zero-order valence-electron chi connectivity index (χ0n) is 8.16. The van der Waals surface area contributed by atoms with Crippen LogP contribution in [0.5, 0.6) is 0 Å². The number of carbonyl (C=O) groups excluding carboxylic acids is 1. The van der Waals surface area contributed by atoms with Crippen LogP contribution in [0.2, 0.25) is 5.02 Å². The summed E-state index contributed by atoms with van der Waals surface area (Å²) in [6.45, 7) is 4.36. The number of esters is 1. The molecule has 3 nitrogen and oxygen atoms in total. The summed E-state index contributed by atoms with van der Waals surface area (Å²) in [6, 6.07) is 3.16. The van der Waals surface area contributed by atoms with Crippen molar-refractivity contribution >= 4 is 17.6 Å². The smallest absolute Gasteiger partial charge is 0.356 e. The molecule has 0 fully saturated rings. The van der Waals surface area contributed by atoms with Crippen molar-refractivity contribution in [1.82, 2.24) is 4.98 Å². The molecule has 0 amide bonds. The molecule has 1 rings (SSSR count). The molecule has 0 saturated heterocycles. The van der Waals surface area contributed by atoms with E-state index >= 15 is 0 Å². The standard InChI is InChI=1S/C10H12ClNO2/c1-7(2)6-14-10(13)9-4-3-8(11)5-12-9/h3-5,7H,6H2,1-2H3. The fraction of sp³-hybridized carbons (Fsp3) is 0.400. The summed E-state index contributed by atoms with van der Waals surface area (Å²) in [6.07, 6.45) is 1.42. The molecule has 0 radical (unpaired) electrons. The molecule has 0 saturated carbocycles. The topological polar surface area (TPSA) is 39.2 Å². The second kappa shape index (κ2) is 4.96. The summed E-state index contributed by atoms with van der Waals surface area (Å²) >= 11 is 5.63. The maximum absolute atomic E-state index is 11.3. The number of ether oxygens (including phenoxy) is 1. The van der Waals surface area contributed by atoms with Gasteiger partial charge in [-0.25, -0.2) is 9.78 Å². The SMILES string of the molecule is CC(C)COC(=O)c1ccc(Cl)cn1. The Hall–Kier alpha value is -1.09. The highest BCUT2D eigenvalue weighted by Crippen LogP contribution is 2.07. The van der Waals surface area contributed by atoms with Gasteiger partial charge in [0.2, 0.25) is 0 Å². The van der Waals surface area contributed by atoms with Crippen LogP contribution in [0.3, 0.4) is 0 Å². The summed E-state index contributed by atoms with van der Waals surface area (Å²) in [5.41, 5.74) is 0.287. The molecule has 0 aliphatic heterocycles. The van der Waals surface area contributed by atoms with Gasteiger partial charge in [-0.05, 0) is 18.1 Å². The minimum absolute atomic E-state index is 0.287. The Morgan fingerprint density at radius 1 is 1.57 bits per heavy atom. The van der Waals surface area contributed by atoms with E-state index in [1.807, 2.05) is 13.8 Å². The molecule has 0 spiro atoms. The number of nitrogens with zero attached hydrogens (tertiary/aromatic N) is 1. The van der Waals surface area contributed by atoms with Gasteiger partial charge in [-0.15, -0.1) is 0 Å². The first-order valence-corrected chi connectivity index (χ1v) is 4.76. The predicted molar refractivity (Wildman–Crippen MR) is 54.4 cm³/mol. The van der Waals surface area contributed by atoms with Gasteiger partial charge in [0.25, 0.3) is 0 Å². The van der Waals surface area contributed by atoms with Gasteiger partial charge in [0.15, 0.2) is 0 Å². The van der Waals surface area contributed by atoms with Crippen molar-refractivity contribution in [3.8, 4) is 0 Å². The van der Waals surface area contributed by atoms with Crippen LogP contribution in [-0.4, -0.2) is 17.6 Å². The number of carbonyl (C=O) groups is 1. The van der Waals surface area contributed by atoms with Crippen molar-refractivity contribution in [2.45, 2.75) is 13.8 Å². The highest BCUT2D eigenvalue weighted by Gasteiger charge is 2.08. The summed E-state index contributed by atoms with van der Waals surface area (Å²) in [7, 11) is 0. The Kier molecular flexibility index (Phi) is 3.89. The van der Waals surface area contributed by atoms with Crippen molar-refractivity contribution < 1.29 is 9.53 Å². The summed E-state index contributed by atoms with van der Waals surface area (Å²) < 4.78 is 4.98. The van der Waals surface area contributed by atoms with Gasteiger partial charge >= 0.3 is 5.97 Å². The van der Waals surface area contributed by atoms with E-state index in [0.29, 0.717) is 17.5 Å². The molecule has 1 aromatic heterocycles. The Morgan fingerprint density at radius 3 is 2.79 bits per heavy atom. The Balaban J connectivity index is 2.57. The van der Waals surface area contributed by atoms with E-state index in [4.69, 9.17) is 16.3 Å². The van der Waals surface area contributed by atoms with Crippen LogP contribution in [0.1, 0.15) is 24.3 Å². The minimum Gasteiger partial charge on any atom is -0.461 e. The average Bonchev–Trinajstić information content (AvgIpc) is 2.15. The molecular formula is C10H12ClNO2. The number of hydrogen-bond acceptors (Lipinski definition) is 3. The van der Waals surface area contributed by atoms with Crippen LogP contribution in [-0.2, 0) is 4.74 Å². The molecule has 1 heterocycles. The Morgan fingerprint density at radius 2 is 2.29 bits per heavy atom. The summed E-state index contributed by atoms with van der Waals surface area (Å²) in [5, 5.41) is 0.505. The Labute approximate surface area is 88.1 Å². The minimum atomic E-state index is -0.407. The quantitative estimate of drug-likeness (QED) is 0.725. The third-order valence-electron chi connectivity index (χ3n) is 1.48. The van der Waals surface area contributed by atoms with Gasteiger partial charge in [0.1, 0.15) is 5.69 Å². The fourth-order valence-corrected chi connectivity index (χ4v) is 0.925. The van der Waals surface area contributed by atoms with Crippen LogP contribution in [0.15, 0.2) is 18.3 Å². The predicted octanol–water partition coefficient (Wildman–Crippen LogP) is 2.55. The molecule has 0 unspecified atom stereocenters. The first-order valence-electron chi connectivity index (χ1n) is 4.38. The lowest BCUT2D eigenvalue weighted by Crippen LogP contribution is -2.11. The van der Waals surface area contributed by atoms with Gasteiger partial charge < -0.3 is 4.74 Å². The lowest BCUT2D eigenvalue weighted by molar-refractivity contribution is 0.0452. The van der Waals surface area contributed by atoms with E-state index < -0.39 is 5.97 Å². The van der Waals surface area contributed by atoms with Gasteiger partial charge in [0, 0.05) is 6.20 Å². The van der Waals surface area contributed by atoms with Crippen molar-refractivity contribution in [2.24, 2.45) is 5.92 Å². The third kappa shape index (κ3) is 3.34. The monoisotopic (exact) mass is 213 g/mol. The van der Waals surface area contributed by atoms with E-state index in [-0.39, 0.29) is 5.69 Å². The zero-order valence-corrected chi connectivity index (χ0v) is 8.91. The van der Waals surface area contributed by atoms with Crippen LogP contribution in [0.25, 0.3) is 0 Å². The van der Waals surface area contributed by atoms with E-state index in [1.165, 1.54) is 6.20 Å². The highest BCUT2D eigenvalue weighted by atomic mass is 35.5. The number of aromatic nitrogens is 1. The maximum atomic E-state index is 11.3. The van der Waals surface area contributed by atoms with Crippen molar-refractivity contribution in [3.63, 3.8) is 0 Å². The van der Waals surface area contributed by atoms with Crippen LogP contribution >= 0.6 is 11.6 Å². The fourth-order valence-electron chi connectivity index (χ4n) is 0.813. The molecule has 0 aromatic carbocycles. The molecule has 0 bridgehead atoms. The second-order valence-electron chi connectivity index (χ2n) is 3.35. The van der Waals surface area contributed by atoms with Gasteiger partial charge in [-0.1, -0.05) is 25.4 Å². The number of halogens is 1. The summed E-state index contributed by atoms with van der Waals surface area (Å²) in [4.78, 5) is 15.2. The van der Waals surface area contributed by atoms with Gasteiger partial charge in [0.05, 0.1) is 11.6 Å².